The quantitative estimate of drug-likeness (QED) is 0.784. The van der Waals surface area contributed by atoms with Gasteiger partial charge in [0.05, 0.1) is 5.56 Å². The molecule has 1 heterocycles. The molecule has 0 fully saturated rings. The molecule has 0 spiro atoms. The van der Waals surface area contributed by atoms with Crippen LogP contribution in [0.4, 0.5) is 4.39 Å². The highest BCUT2D eigenvalue weighted by Gasteiger charge is 2.10. The van der Waals surface area contributed by atoms with Crippen LogP contribution in [0.5, 0.6) is 5.75 Å². The normalized spacial score (nSPS) is 10.2. The predicted molar refractivity (Wildman–Crippen MR) is 62.9 cm³/mol. The summed E-state index contributed by atoms with van der Waals surface area (Å²) < 4.78 is 18.5. The van der Waals surface area contributed by atoms with Gasteiger partial charge in [0.1, 0.15) is 23.2 Å². The number of rotatable bonds is 4. The van der Waals surface area contributed by atoms with Gasteiger partial charge in [-0.3, -0.25) is 4.79 Å². The molecular weight excluding hydrogens is 241 g/mol. The van der Waals surface area contributed by atoms with Crippen molar-refractivity contribution in [1.29, 1.82) is 0 Å². The molecule has 0 saturated heterocycles. The largest absolute Gasteiger partial charge is 0.486 e. The van der Waals surface area contributed by atoms with Crippen molar-refractivity contribution in [3.63, 3.8) is 0 Å². The highest BCUT2D eigenvalue weighted by molar-refractivity contribution is 7.09. The summed E-state index contributed by atoms with van der Waals surface area (Å²) in [7, 11) is 0. The number of carbonyl (C=O) groups is 1. The summed E-state index contributed by atoms with van der Waals surface area (Å²) in [5.74, 6) is -0.323. The van der Waals surface area contributed by atoms with E-state index in [9.17, 15) is 9.18 Å². The number of ether oxygens (including phenoxy) is 1. The maximum atomic E-state index is 13.1. The SMILES string of the molecule is CC(=O)c1ccc(F)cc1OCc1nccs1. The monoisotopic (exact) mass is 251 g/mol. The molecule has 0 atom stereocenters. The number of halogens is 1. The molecule has 2 rings (SSSR count). The van der Waals surface area contributed by atoms with Gasteiger partial charge in [0.15, 0.2) is 5.78 Å². The molecule has 0 aliphatic rings. The van der Waals surface area contributed by atoms with Crippen LogP contribution in [0.15, 0.2) is 29.8 Å². The van der Waals surface area contributed by atoms with E-state index in [1.54, 1.807) is 6.20 Å². The van der Waals surface area contributed by atoms with Gasteiger partial charge in [-0.1, -0.05) is 0 Å². The van der Waals surface area contributed by atoms with Gasteiger partial charge >= 0.3 is 0 Å². The van der Waals surface area contributed by atoms with Crippen LogP contribution in [0.1, 0.15) is 22.3 Å². The van der Waals surface area contributed by atoms with Crippen LogP contribution in [0.3, 0.4) is 0 Å². The van der Waals surface area contributed by atoms with E-state index >= 15 is 0 Å². The Morgan fingerprint density at radius 1 is 1.53 bits per heavy atom. The van der Waals surface area contributed by atoms with Gasteiger partial charge in [-0.15, -0.1) is 11.3 Å². The molecular formula is C12H10FNO2S. The number of carbonyl (C=O) groups excluding carboxylic acids is 1. The van der Waals surface area contributed by atoms with E-state index < -0.39 is 5.82 Å². The first-order chi connectivity index (χ1) is 8.16. The molecule has 0 N–H and O–H groups in total. The fourth-order valence-corrected chi connectivity index (χ4v) is 1.90. The molecule has 1 aromatic heterocycles. The molecule has 1 aromatic carbocycles. The fourth-order valence-electron chi connectivity index (χ4n) is 1.37. The van der Waals surface area contributed by atoms with Gasteiger partial charge < -0.3 is 4.74 Å². The number of ketones is 1. The minimum atomic E-state index is -0.427. The molecule has 0 unspecified atom stereocenters. The standard InChI is InChI=1S/C12H10FNO2S/c1-8(15)10-3-2-9(13)6-11(10)16-7-12-14-4-5-17-12/h2-6H,7H2,1H3. The van der Waals surface area contributed by atoms with Gasteiger partial charge in [-0.25, -0.2) is 9.37 Å². The Morgan fingerprint density at radius 2 is 2.35 bits per heavy atom. The van der Waals surface area contributed by atoms with Crippen molar-refractivity contribution >= 4 is 17.1 Å². The van der Waals surface area contributed by atoms with Crippen molar-refractivity contribution in [2.45, 2.75) is 13.5 Å². The number of hydrogen-bond acceptors (Lipinski definition) is 4. The lowest BCUT2D eigenvalue weighted by Crippen LogP contribution is -2.02. The molecule has 0 amide bonds. The summed E-state index contributed by atoms with van der Waals surface area (Å²) in [4.78, 5) is 15.4. The molecule has 0 aliphatic heterocycles. The number of aromatic nitrogens is 1. The van der Waals surface area contributed by atoms with Crippen molar-refractivity contribution in [2.24, 2.45) is 0 Å². The smallest absolute Gasteiger partial charge is 0.163 e. The Morgan fingerprint density at radius 3 is 3.00 bits per heavy atom. The van der Waals surface area contributed by atoms with Crippen LogP contribution < -0.4 is 4.74 Å². The van der Waals surface area contributed by atoms with Crippen molar-refractivity contribution < 1.29 is 13.9 Å². The van der Waals surface area contributed by atoms with Gasteiger partial charge in [-0.05, 0) is 19.1 Å². The molecule has 88 valence electrons. The van der Waals surface area contributed by atoms with E-state index in [1.165, 1.54) is 36.5 Å². The van der Waals surface area contributed by atoms with E-state index in [1.807, 2.05) is 5.38 Å². The Balaban J connectivity index is 2.19. The maximum Gasteiger partial charge on any atom is 0.163 e. The first kappa shape index (κ1) is 11.7. The Kier molecular flexibility index (Phi) is 3.49. The second kappa shape index (κ2) is 5.05. The molecule has 3 nitrogen and oxygen atoms in total. The minimum Gasteiger partial charge on any atom is -0.486 e. The molecule has 0 radical (unpaired) electrons. The summed E-state index contributed by atoms with van der Waals surface area (Å²) in [6.45, 7) is 1.66. The lowest BCUT2D eigenvalue weighted by atomic mass is 10.1. The third-order valence-corrected chi connectivity index (χ3v) is 2.91. The Bertz CT molecular complexity index is 525. The number of nitrogens with zero attached hydrogens (tertiary/aromatic N) is 1. The van der Waals surface area contributed by atoms with Gasteiger partial charge in [0.25, 0.3) is 0 Å². The van der Waals surface area contributed by atoms with Crippen molar-refractivity contribution in [1.82, 2.24) is 4.98 Å². The number of Topliss-reactive ketones (excluding diaryl/α,β-unsaturated/α-hetero) is 1. The molecule has 0 bridgehead atoms. The number of hydrogen-bond donors (Lipinski definition) is 0. The molecule has 2 aromatic rings. The zero-order valence-electron chi connectivity index (χ0n) is 9.14. The second-order valence-electron chi connectivity index (χ2n) is 3.41. The third-order valence-electron chi connectivity index (χ3n) is 2.16. The van der Waals surface area contributed by atoms with E-state index in [0.29, 0.717) is 5.56 Å². The van der Waals surface area contributed by atoms with Crippen molar-refractivity contribution in [3.8, 4) is 5.75 Å². The van der Waals surface area contributed by atoms with Crippen molar-refractivity contribution in [3.05, 3.63) is 46.2 Å². The van der Waals surface area contributed by atoms with E-state index in [4.69, 9.17) is 4.74 Å². The zero-order valence-corrected chi connectivity index (χ0v) is 9.96. The van der Waals surface area contributed by atoms with Crippen LogP contribution in [0.25, 0.3) is 0 Å². The Hall–Kier alpha value is -1.75. The molecule has 5 heteroatoms. The van der Waals surface area contributed by atoms with Crippen molar-refractivity contribution in [2.75, 3.05) is 0 Å². The minimum absolute atomic E-state index is 0.154. The average Bonchev–Trinajstić information content (AvgIpc) is 2.78. The van der Waals surface area contributed by atoms with Gasteiger partial charge in [0, 0.05) is 17.6 Å². The summed E-state index contributed by atoms with van der Waals surface area (Å²) in [5, 5.41) is 2.61. The predicted octanol–water partition coefficient (Wildman–Crippen LogP) is 3.06. The summed E-state index contributed by atoms with van der Waals surface area (Å²) in [6.07, 6.45) is 1.67. The van der Waals surface area contributed by atoms with Crippen LogP contribution in [0.2, 0.25) is 0 Å². The lowest BCUT2D eigenvalue weighted by molar-refractivity contribution is 0.101. The summed E-state index contributed by atoms with van der Waals surface area (Å²) >= 11 is 1.45. The lowest BCUT2D eigenvalue weighted by Gasteiger charge is -2.08. The van der Waals surface area contributed by atoms with E-state index in [0.717, 1.165) is 5.01 Å². The number of thiazole rings is 1. The van der Waals surface area contributed by atoms with Crippen LogP contribution >= 0.6 is 11.3 Å². The zero-order chi connectivity index (χ0) is 12.3. The van der Waals surface area contributed by atoms with Crippen LogP contribution in [0, 0.1) is 5.82 Å². The van der Waals surface area contributed by atoms with Gasteiger partial charge in [-0.2, -0.15) is 0 Å². The third kappa shape index (κ3) is 2.88. The topological polar surface area (TPSA) is 39.2 Å². The van der Waals surface area contributed by atoms with Crippen LogP contribution in [-0.4, -0.2) is 10.8 Å². The van der Waals surface area contributed by atoms with E-state index in [-0.39, 0.29) is 18.1 Å². The molecule has 0 saturated carbocycles. The molecule has 0 aliphatic carbocycles. The van der Waals surface area contributed by atoms with E-state index in [2.05, 4.69) is 4.98 Å². The summed E-state index contributed by atoms with van der Waals surface area (Å²) in [6, 6.07) is 3.88. The first-order valence-corrected chi connectivity index (χ1v) is 5.86. The number of benzene rings is 1. The van der Waals surface area contributed by atoms with Gasteiger partial charge in [0.2, 0.25) is 0 Å². The average molecular weight is 251 g/mol. The molecule has 17 heavy (non-hydrogen) atoms. The highest BCUT2D eigenvalue weighted by Crippen LogP contribution is 2.22. The first-order valence-electron chi connectivity index (χ1n) is 4.98. The van der Waals surface area contributed by atoms with Crippen LogP contribution in [-0.2, 0) is 6.61 Å². The maximum absolute atomic E-state index is 13.1. The fraction of sp³-hybridized carbons (Fsp3) is 0.167. The second-order valence-corrected chi connectivity index (χ2v) is 4.39. The highest BCUT2D eigenvalue weighted by atomic mass is 32.1. The Labute approximate surface area is 102 Å². The summed E-state index contributed by atoms with van der Waals surface area (Å²) in [5.41, 5.74) is 0.378.